The number of fused-ring (bicyclic) bond motifs is 1. The minimum atomic E-state index is -0.194. The Bertz CT molecular complexity index is 781. The maximum atomic E-state index is 12.2. The Morgan fingerprint density at radius 1 is 1.40 bits per heavy atom. The summed E-state index contributed by atoms with van der Waals surface area (Å²) >= 11 is 1.32. The summed E-state index contributed by atoms with van der Waals surface area (Å²) in [4.78, 5) is 28.3. The van der Waals surface area contributed by atoms with Crippen molar-refractivity contribution >= 4 is 29.0 Å². The summed E-state index contributed by atoms with van der Waals surface area (Å²) in [6.45, 7) is 2.33. The normalized spacial score (nSPS) is 13.9. The number of amides is 3. The molecule has 3 heterocycles. The smallest absolute Gasteiger partial charge is 0.319 e. The van der Waals surface area contributed by atoms with Crippen molar-refractivity contribution < 1.29 is 9.59 Å². The van der Waals surface area contributed by atoms with E-state index >= 15 is 0 Å². The molecule has 0 bridgehead atoms. The van der Waals surface area contributed by atoms with E-state index in [1.807, 2.05) is 15.6 Å². The number of carbonyl (C=O) groups is 2. The van der Waals surface area contributed by atoms with Gasteiger partial charge >= 0.3 is 6.03 Å². The second kappa shape index (κ2) is 7.14. The minimum Gasteiger partial charge on any atom is -0.397 e. The third-order valence-electron chi connectivity index (χ3n) is 4.05. The largest absolute Gasteiger partial charge is 0.397 e. The Morgan fingerprint density at radius 2 is 2.20 bits per heavy atom. The number of aromatic nitrogens is 2. The summed E-state index contributed by atoms with van der Waals surface area (Å²) in [5.41, 5.74) is 8.01. The van der Waals surface area contributed by atoms with E-state index < -0.39 is 0 Å². The summed E-state index contributed by atoms with van der Waals surface area (Å²) in [6, 6.07) is 3.66. The molecule has 1 aliphatic rings. The Hall–Kier alpha value is -2.55. The van der Waals surface area contributed by atoms with Crippen LogP contribution in [0.3, 0.4) is 0 Å². The molecule has 25 heavy (non-hydrogen) atoms. The maximum Gasteiger partial charge on any atom is 0.319 e. The number of carbonyl (C=O) groups excluding carboxylic acids is 2. The number of aryl methyl sites for hydroxylation is 1. The van der Waals surface area contributed by atoms with E-state index in [0.717, 1.165) is 24.4 Å². The van der Waals surface area contributed by atoms with Crippen molar-refractivity contribution in [2.75, 3.05) is 26.4 Å². The van der Waals surface area contributed by atoms with E-state index in [9.17, 15) is 9.59 Å². The van der Waals surface area contributed by atoms with Gasteiger partial charge in [-0.15, -0.1) is 11.3 Å². The van der Waals surface area contributed by atoms with E-state index in [1.165, 1.54) is 11.3 Å². The van der Waals surface area contributed by atoms with Crippen molar-refractivity contribution in [3.63, 3.8) is 0 Å². The van der Waals surface area contributed by atoms with Crippen LogP contribution in [0.15, 0.2) is 17.5 Å². The first kappa shape index (κ1) is 17.3. The third-order valence-corrected chi connectivity index (χ3v) is 4.98. The van der Waals surface area contributed by atoms with E-state index in [1.54, 1.807) is 30.4 Å². The molecule has 1 aliphatic heterocycles. The van der Waals surface area contributed by atoms with Gasteiger partial charge in [0.2, 0.25) is 0 Å². The monoisotopic (exact) mass is 362 g/mol. The molecule has 134 valence electrons. The van der Waals surface area contributed by atoms with E-state index in [0.29, 0.717) is 30.2 Å². The van der Waals surface area contributed by atoms with Gasteiger partial charge in [-0.05, 0) is 23.9 Å². The number of nitrogens with zero attached hydrogens (tertiary/aromatic N) is 4. The first-order chi connectivity index (χ1) is 12.0. The Labute approximate surface area is 150 Å². The average Bonchev–Trinajstić information content (AvgIpc) is 3.12. The topological polar surface area (TPSA) is 96.5 Å². The molecule has 0 radical (unpaired) electrons. The summed E-state index contributed by atoms with van der Waals surface area (Å²) in [6.07, 6.45) is 0.853. The summed E-state index contributed by atoms with van der Waals surface area (Å²) < 4.78 is 1.92. The molecule has 0 unspecified atom stereocenters. The number of urea groups is 1. The average molecular weight is 362 g/mol. The lowest BCUT2D eigenvalue weighted by molar-refractivity contribution is 0.0955. The molecule has 0 aliphatic carbocycles. The first-order valence-electron chi connectivity index (χ1n) is 8.08. The fourth-order valence-corrected chi connectivity index (χ4v) is 3.54. The highest BCUT2D eigenvalue weighted by atomic mass is 32.1. The van der Waals surface area contributed by atoms with Gasteiger partial charge in [-0.3, -0.25) is 9.48 Å². The zero-order chi connectivity index (χ0) is 18.0. The molecule has 3 N–H and O–H groups in total. The number of thiophene rings is 1. The van der Waals surface area contributed by atoms with Gasteiger partial charge in [0.25, 0.3) is 5.91 Å². The molecule has 3 rings (SSSR count). The molecule has 0 spiro atoms. The predicted octanol–water partition coefficient (Wildman–Crippen LogP) is 1.34. The molecular formula is C16H22N6O2S. The van der Waals surface area contributed by atoms with Crippen molar-refractivity contribution in [2.45, 2.75) is 26.1 Å². The van der Waals surface area contributed by atoms with Crippen LogP contribution in [-0.4, -0.2) is 52.2 Å². The Balaban J connectivity index is 1.66. The lowest BCUT2D eigenvalue weighted by Crippen LogP contribution is -2.38. The van der Waals surface area contributed by atoms with Crippen LogP contribution in [0.5, 0.6) is 0 Å². The number of nitrogens with one attached hydrogen (secondary N) is 1. The molecule has 2 aromatic heterocycles. The lowest BCUT2D eigenvalue weighted by Gasteiger charge is -2.23. The zero-order valence-corrected chi connectivity index (χ0v) is 15.2. The molecule has 8 nitrogen and oxygen atoms in total. The van der Waals surface area contributed by atoms with Gasteiger partial charge in [-0.2, -0.15) is 5.10 Å². The van der Waals surface area contributed by atoms with Crippen LogP contribution in [-0.2, 0) is 19.6 Å². The maximum absolute atomic E-state index is 12.2. The van der Waals surface area contributed by atoms with Crippen LogP contribution >= 0.6 is 11.3 Å². The highest BCUT2D eigenvalue weighted by Crippen LogP contribution is 2.19. The van der Waals surface area contributed by atoms with Crippen molar-refractivity contribution in [2.24, 2.45) is 0 Å². The van der Waals surface area contributed by atoms with Gasteiger partial charge in [0, 0.05) is 27.2 Å². The zero-order valence-electron chi connectivity index (χ0n) is 14.4. The number of rotatable bonds is 3. The summed E-state index contributed by atoms with van der Waals surface area (Å²) in [5.74, 6) is -0.194. The second-order valence-corrected chi connectivity index (χ2v) is 7.11. The molecule has 0 saturated carbocycles. The van der Waals surface area contributed by atoms with Crippen molar-refractivity contribution in [1.82, 2.24) is 24.9 Å². The lowest BCUT2D eigenvalue weighted by atomic mass is 10.3. The summed E-state index contributed by atoms with van der Waals surface area (Å²) in [5, 5.41) is 9.18. The van der Waals surface area contributed by atoms with Gasteiger partial charge in [0.15, 0.2) is 0 Å². The standard InChI is InChI=1S/C16H22N6O2S/c1-20(2)16(24)21-5-3-6-22-12(10-21)8-11(19-22)9-18-15(23)14-13(17)4-7-25-14/h4,7-8H,3,5-6,9-10,17H2,1-2H3,(H,18,23). The van der Waals surface area contributed by atoms with Crippen molar-refractivity contribution in [3.8, 4) is 0 Å². The minimum absolute atomic E-state index is 0.00215. The van der Waals surface area contributed by atoms with Gasteiger partial charge in [-0.1, -0.05) is 0 Å². The SMILES string of the molecule is CN(C)C(=O)N1CCCn2nc(CNC(=O)c3sccc3N)cc2C1. The number of anilines is 1. The van der Waals surface area contributed by atoms with Gasteiger partial charge < -0.3 is 20.9 Å². The molecule has 3 amide bonds. The molecule has 0 fully saturated rings. The highest BCUT2D eigenvalue weighted by Gasteiger charge is 2.22. The second-order valence-electron chi connectivity index (χ2n) is 6.19. The fraction of sp³-hybridized carbons (Fsp3) is 0.438. The Morgan fingerprint density at radius 3 is 2.88 bits per heavy atom. The molecule has 2 aromatic rings. The highest BCUT2D eigenvalue weighted by molar-refractivity contribution is 7.12. The molecule has 0 saturated heterocycles. The van der Waals surface area contributed by atoms with Crippen molar-refractivity contribution in [3.05, 3.63) is 33.8 Å². The van der Waals surface area contributed by atoms with Crippen LogP contribution < -0.4 is 11.1 Å². The molecular weight excluding hydrogens is 340 g/mol. The number of hydrogen-bond acceptors (Lipinski definition) is 5. The first-order valence-corrected chi connectivity index (χ1v) is 8.96. The van der Waals surface area contributed by atoms with Crippen LogP contribution in [0.1, 0.15) is 27.5 Å². The molecule has 9 heteroatoms. The van der Waals surface area contributed by atoms with Crippen LogP contribution in [0.4, 0.5) is 10.5 Å². The molecule has 0 aromatic carbocycles. The number of hydrogen-bond donors (Lipinski definition) is 2. The Kier molecular flexibility index (Phi) is 4.93. The predicted molar refractivity (Wildman–Crippen MR) is 96.2 cm³/mol. The fourth-order valence-electron chi connectivity index (χ4n) is 2.81. The van der Waals surface area contributed by atoms with Gasteiger partial charge in [0.1, 0.15) is 4.88 Å². The third kappa shape index (κ3) is 3.76. The van der Waals surface area contributed by atoms with Gasteiger partial charge in [-0.25, -0.2) is 4.79 Å². The van der Waals surface area contributed by atoms with Crippen LogP contribution in [0, 0.1) is 0 Å². The van der Waals surface area contributed by atoms with Crippen LogP contribution in [0.25, 0.3) is 0 Å². The number of nitrogens with two attached hydrogens (primary N) is 1. The quantitative estimate of drug-likeness (QED) is 0.861. The van der Waals surface area contributed by atoms with Crippen LogP contribution in [0.2, 0.25) is 0 Å². The summed E-state index contributed by atoms with van der Waals surface area (Å²) in [7, 11) is 3.50. The van der Waals surface area contributed by atoms with E-state index in [4.69, 9.17) is 5.73 Å². The van der Waals surface area contributed by atoms with E-state index in [-0.39, 0.29) is 11.9 Å². The molecule has 0 atom stereocenters. The van der Waals surface area contributed by atoms with Crippen molar-refractivity contribution in [1.29, 1.82) is 0 Å². The number of nitrogen functional groups attached to an aromatic ring is 1. The van der Waals surface area contributed by atoms with E-state index in [2.05, 4.69) is 10.4 Å². The van der Waals surface area contributed by atoms with Gasteiger partial charge in [0.05, 0.1) is 30.2 Å².